The number of nitrogens with one attached hydrogen (secondary N) is 1. The molecule has 0 saturated carbocycles. The molecule has 0 aromatic carbocycles. The van der Waals surface area contributed by atoms with Crippen molar-refractivity contribution in [1.82, 2.24) is 5.32 Å². The minimum absolute atomic E-state index is 0.902. The first-order chi connectivity index (χ1) is 3.79. The maximum absolute atomic E-state index is 3.38. The minimum atomic E-state index is 0.902. The first-order valence-corrected chi connectivity index (χ1v) is 3.49. The second kappa shape index (κ2) is 2.54. The van der Waals surface area contributed by atoms with E-state index in [1.807, 2.05) is 0 Å². The van der Waals surface area contributed by atoms with Gasteiger partial charge in [-0.2, -0.15) is 0 Å². The number of hydrogen-bond donors (Lipinski definition) is 1. The highest BCUT2D eigenvalue weighted by Gasteiger charge is 2.12. The van der Waals surface area contributed by atoms with Gasteiger partial charge in [0, 0.05) is 0 Å². The van der Waals surface area contributed by atoms with Gasteiger partial charge < -0.3 is 5.32 Å². The number of piperidine rings is 1. The van der Waals surface area contributed by atoms with Crippen LogP contribution in [-0.2, 0) is 0 Å². The van der Waals surface area contributed by atoms with Crippen LogP contribution in [0.3, 0.4) is 0 Å². The highest BCUT2D eigenvalue weighted by molar-refractivity contribution is 6.11. The Balaban J connectivity index is 2.23. The van der Waals surface area contributed by atoms with Gasteiger partial charge >= 0.3 is 0 Å². The van der Waals surface area contributed by atoms with Crippen LogP contribution in [0.25, 0.3) is 0 Å². The molecule has 1 N–H and O–H groups in total. The molecule has 1 aliphatic rings. The molecule has 1 rings (SSSR count). The third-order valence-corrected chi connectivity index (χ3v) is 1.79. The van der Waals surface area contributed by atoms with E-state index in [2.05, 4.69) is 20.1 Å². The van der Waals surface area contributed by atoms with E-state index in [1.54, 1.807) is 0 Å². The monoisotopic (exact) mass is 111 g/mol. The van der Waals surface area contributed by atoms with Crippen LogP contribution in [0.2, 0.25) is 5.82 Å². The quantitative estimate of drug-likeness (QED) is 0.435. The van der Waals surface area contributed by atoms with E-state index in [0.717, 1.165) is 11.7 Å². The summed E-state index contributed by atoms with van der Waals surface area (Å²) in [4.78, 5) is 0. The van der Waals surface area contributed by atoms with E-state index >= 15 is 0 Å². The molecular weight excluding hydrogens is 96.9 g/mol. The molecule has 1 fully saturated rings. The third kappa shape index (κ3) is 1.51. The van der Waals surface area contributed by atoms with E-state index in [9.17, 15) is 0 Å². The van der Waals surface area contributed by atoms with Gasteiger partial charge in [-0.25, -0.2) is 0 Å². The summed E-state index contributed by atoms with van der Waals surface area (Å²) in [5, 5.41) is 3.38. The van der Waals surface area contributed by atoms with Crippen molar-refractivity contribution in [3.8, 4) is 0 Å². The SMILES string of the molecule is BC1CNCC(C)C1. The van der Waals surface area contributed by atoms with Gasteiger partial charge in [-0.3, -0.25) is 0 Å². The largest absolute Gasteiger partial charge is 0.317 e. The van der Waals surface area contributed by atoms with Gasteiger partial charge in [-0.1, -0.05) is 19.2 Å². The van der Waals surface area contributed by atoms with Crippen LogP contribution in [0.1, 0.15) is 13.3 Å². The van der Waals surface area contributed by atoms with Crippen molar-refractivity contribution < 1.29 is 0 Å². The Morgan fingerprint density at radius 2 is 2.25 bits per heavy atom. The Morgan fingerprint density at radius 1 is 1.50 bits per heavy atom. The summed E-state index contributed by atoms with van der Waals surface area (Å²) in [7, 11) is 2.31. The summed E-state index contributed by atoms with van der Waals surface area (Å²) in [6.45, 7) is 4.76. The molecule has 0 amide bonds. The summed E-state index contributed by atoms with van der Waals surface area (Å²) in [5.41, 5.74) is 0. The molecule has 0 bridgehead atoms. The second-order valence-electron chi connectivity index (χ2n) is 3.10. The van der Waals surface area contributed by atoms with Gasteiger partial charge in [-0.15, -0.1) is 0 Å². The molecule has 2 heteroatoms. The predicted molar refractivity (Wildman–Crippen MR) is 38.9 cm³/mol. The van der Waals surface area contributed by atoms with Gasteiger partial charge in [0.2, 0.25) is 0 Å². The summed E-state index contributed by atoms with van der Waals surface area (Å²) < 4.78 is 0. The molecule has 1 nitrogen and oxygen atoms in total. The standard InChI is InChI=1S/C6H14BN/c1-5-2-6(7)4-8-3-5/h5-6,8H,2-4,7H2,1H3. The van der Waals surface area contributed by atoms with Crippen LogP contribution >= 0.6 is 0 Å². The van der Waals surface area contributed by atoms with Crippen molar-refractivity contribution >= 4 is 7.85 Å². The lowest BCUT2D eigenvalue weighted by atomic mass is 9.78. The molecule has 1 aliphatic heterocycles. The van der Waals surface area contributed by atoms with Crippen LogP contribution in [-0.4, -0.2) is 20.9 Å². The fourth-order valence-electron chi connectivity index (χ4n) is 1.43. The smallest absolute Gasteiger partial charge is 0.107 e. The molecule has 1 saturated heterocycles. The third-order valence-electron chi connectivity index (χ3n) is 1.79. The maximum Gasteiger partial charge on any atom is 0.107 e. The zero-order valence-corrected chi connectivity index (χ0v) is 5.78. The van der Waals surface area contributed by atoms with Gasteiger partial charge in [-0.05, 0) is 19.0 Å². The molecule has 0 spiro atoms. The van der Waals surface area contributed by atoms with Crippen LogP contribution < -0.4 is 5.32 Å². The average Bonchev–Trinajstić information content (AvgIpc) is 1.64. The van der Waals surface area contributed by atoms with Crippen molar-refractivity contribution in [2.24, 2.45) is 5.92 Å². The summed E-state index contributed by atoms with van der Waals surface area (Å²) in [6, 6.07) is 0. The zero-order chi connectivity index (χ0) is 5.98. The predicted octanol–water partition coefficient (Wildman–Crippen LogP) is 0.0374. The van der Waals surface area contributed by atoms with Gasteiger partial charge in [0.05, 0.1) is 0 Å². The molecule has 0 aliphatic carbocycles. The molecule has 0 radical (unpaired) electrons. The molecule has 1 heterocycles. The Labute approximate surface area is 52.3 Å². The maximum atomic E-state index is 3.38. The topological polar surface area (TPSA) is 12.0 Å². The van der Waals surface area contributed by atoms with Crippen molar-refractivity contribution in [2.75, 3.05) is 13.1 Å². The van der Waals surface area contributed by atoms with E-state index in [1.165, 1.54) is 19.5 Å². The molecule has 0 aromatic rings. The van der Waals surface area contributed by atoms with E-state index < -0.39 is 0 Å². The minimum Gasteiger partial charge on any atom is -0.317 e. The fourth-order valence-corrected chi connectivity index (χ4v) is 1.43. The molecule has 2 atom stereocenters. The first kappa shape index (κ1) is 6.15. The Hall–Kier alpha value is 0.0249. The lowest BCUT2D eigenvalue weighted by Gasteiger charge is -2.24. The van der Waals surface area contributed by atoms with Gasteiger partial charge in [0.15, 0.2) is 0 Å². The number of hydrogen-bond acceptors (Lipinski definition) is 1. The van der Waals surface area contributed by atoms with E-state index in [-0.39, 0.29) is 0 Å². The highest BCUT2D eigenvalue weighted by atomic mass is 14.9. The summed E-state index contributed by atoms with van der Waals surface area (Å²) in [5.74, 6) is 1.80. The Kier molecular flexibility index (Phi) is 1.95. The molecule has 2 unspecified atom stereocenters. The normalized spacial score (nSPS) is 39.6. The van der Waals surface area contributed by atoms with Crippen LogP contribution in [0.5, 0.6) is 0 Å². The van der Waals surface area contributed by atoms with Crippen LogP contribution in [0.15, 0.2) is 0 Å². The molecular formula is C6H14BN. The highest BCUT2D eigenvalue weighted by Crippen LogP contribution is 2.16. The summed E-state index contributed by atoms with van der Waals surface area (Å²) in [6.07, 6.45) is 1.41. The van der Waals surface area contributed by atoms with Crippen LogP contribution in [0.4, 0.5) is 0 Å². The average molecular weight is 111 g/mol. The lowest BCUT2D eigenvalue weighted by molar-refractivity contribution is 0.405. The fraction of sp³-hybridized carbons (Fsp3) is 1.00. The van der Waals surface area contributed by atoms with Crippen LogP contribution in [0, 0.1) is 5.92 Å². The van der Waals surface area contributed by atoms with Crippen molar-refractivity contribution in [2.45, 2.75) is 19.2 Å². The zero-order valence-electron chi connectivity index (χ0n) is 5.78. The lowest BCUT2D eigenvalue weighted by Crippen LogP contribution is -2.32. The molecule has 0 aromatic heterocycles. The second-order valence-corrected chi connectivity index (χ2v) is 3.10. The number of rotatable bonds is 0. The molecule has 46 valence electrons. The summed E-state index contributed by atoms with van der Waals surface area (Å²) >= 11 is 0. The van der Waals surface area contributed by atoms with Crippen molar-refractivity contribution in [3.05, 3.63) is 0 Å². The molecule has 8 heavy (non-hydrogen) atoms. The Morgan fingerprint density at radius 3 is 2.62 bits per heavy atom. The first-order valence-electron chi connectivity index (χ1n) is 3.49. The van der Waals surface area contributed by atoms with Crippen molar-refractivity contribution in [1.29, 1.82) is 0 Å². The van der Waals surface area contributed by atoms with Gasteiger partial charge in [0.1, 0.15) is 7.85 Å². The Bertz CT molecular complexity index is 66.9. The van der Waals surface area contributed by atoms with Crippen molar-refractivity contribution in [3.63, 3.8) is 0 Å². The van der Waals surface area contributed by atoms with E-state index in [4.69, 9.17) is 0 Å². The van der Waals surface area contributed by atoms with Gasteiger partial charge in [0.25, 0.3) is 0 Å². The van der Waals surface area contributed by atoms with E-state index in [0.29, 0.717) is 0 Å².